The van der Waals surface area contributed by atoms with Crippen LogP contribution in [-0.2, 0) is 10.2 Å². The van der Waals surface area contributed by atoms with Crippen molar-refractivity contribution in [2.45, 2.75) is 11.8 Å². The molecule has 0 saturated heterocycles. The third-order valence-electron chi connectivity index (χ3n) is 5.93. The Hall–Kier alpha value is -4.17. The molecule has 0 unspecified atom stereocenters. The monoisotopic (exact) mass is 430 g/mol. The molecule has 0 amide bonds. The Morgan fingerprint density at radius 2 is 1.03 bits per heavy atom. The van der Waals surface area contributed by atoms with Gasteiger partial charge in [0.2, 0.25) is 0 Å². The zero-order valence-corrected chi connectivity index (χ0v) is 18.4. The number of carbonyl (C=O) groups is 1. The highest BCUT2D eigenvalue weighted by molar-refractivity contribution is 5.87. The Labute approximate surface area is 195 Å². The first-order valence-electron chi connectivity index (χ1n) is 11.0. The van der Waals surface area contributed by atoms with Crippen molar-refractivity contribution in [2.75, 3.05) is 0 Å². The summed E-state index contributed by atoms with van der Waals surface area (Å²) in [5.41, 5.74) is 4.66. The number of benzene rings is 4. The lowest BCUT2D eigenvalue weighted by molar-refractivity contribution is -0.132. The molecule has 0 bridgehead atoms. The summed E-state index contributed by atoms with van der Waals surface area (Å²) >= 11 is 0. The van der Waals surface area contributed by atoms with Crippen molar-refractivity contribution in [1.82, 2.24) is 0 Å². The van der Waals surface area contributed by atoms with Crippen LogP contribution >= 0.6 is 0 Å². The minimum atomic E-state index is -0.986. The van der Waals surface area contributed by atoms with Crippen LogP contribution in [0, 0.1) is 0 Å². The van der Waals surface area contributed by atoms with Crippen LogP contribution in [0.15, 0.2) is 140 Å². The second-order valence-corrected chi connectivity index (χ2v) is 8.08. The second-order valence-electron chi connectivity index (χ2n) is 8.08. The van der Waals surface area contributed by atoms with Gasteiger partial charge >= 0.3 is 5.97 Å². The largest absolute Gasteiger partial charge is 0.478 e. The van der Waals surface area contributed by atoms with E-state index in [1.54, 1.807) is 0 Å². The fraction of sp³-hybridized carbons (Fsp3) is 0.0645. The minimum Gasteiger partial charge on any atom is -0.478 e. The summed E-state index contributed by atoms with van der Waals surface area (Å²) in [4.78, 5) is 11.9. The van der Waals surface area contributed by atoms with E-state index in [-0.39, 0.29) is 12.0 Å². The Bertz CT molecular complexity index is 1160. The molecule has 4 aromatic carbocycles. The van der Waals surface area contributed by atoms with E-state index in [9.17, 15) is 9.90 Å². The number of carboxylic acid groups (broad SMARTS) is 1. The van der Waals surface area contributed by atoms with Gasteiger partial charge in [-0.2, -0.15) is 0 Å². The van der Waals surface area contributed by atoms with Crippen LogP contribution in [0.2, 0.25) is 0 Å². The molecule has 0 radical (unpaired) electrons. The number of rotatable bonds is 8. The standard InChI is InChI=1S/C31H26O2/c1-24(30(32)33)22-31(27-18-10-4-11-19-27,28-20-12-5-13-21-28)23-29(25-14-6-2-7-15-25)26-16-8-3-9-17-26/h2-21,23H,1,22H2,(H,32,33). The highest BCUT2D eigenvalue weighted by Crippen LogP contribution is 2.42. The number of carboxylic acids is 1. The molecule has 4 rings (SSSR count). The van der Waals surface area contributed by atoms with Crippen LogP contribution in [0.1, 0.15) is 28.7 Å². The van der Waals surface area contributed by atoms with Crippen molar-refractivity contribution < 1.29 is 9.90 Å². The molecule has 2 nitrogen and oxygen atoms in total. The van der Waals surface area contributed by atoms with Crippen molar-refractivity contribution >= 4 is 11.5 Å². The summed E-state index contributed by atoms with van der Waals surface area (Å²) in [6.07, 6.45) is 2.47. The van der Waals surface area contributed by atoms with Crippen LogP contribution in [0.3, 0.4) is 0 Å². The molecule has 0 aliphatic heterocycles. The maximum Gasteiger partial charge on any atom is 0.331 e. The molecular formula is C31H26O2. The van der Waals surface area contributed by atoms with Crippen LogP contribution in [-0.4, -0.2) is 11.1 Å². The van der Waals surface area contributed by atoms with E-state index in [2.05, 4.69) is 61.2 Å². The summed E-state index contributed by atoms with van der Waals surface area (Å²) in [7, 11) is 0. The van der Waals surface area contributed by atoms with Gasteiger partial charge in [-0.15, -0.1) is 0 Å². The molecule has 33 heavy (non-hydrogen) atoms. The molecule has 162 valence electrons. The van der Waals surface area contributed by atoms with E-state index in [4.69, 9.17) is 0 Å². The predicted molar refractivity (Wildman–Crippen MR) is 135 cm³/mol. The smallest absolute Gasteiger partial charge is 0.331 e. The van der Waals surface area contributed by atoms with E-state index in [1.807, 2.05) is 72.8 Å². The van der Waals surface area contributed by atoms with Crippen molar-refractivity contribution in [3.05, 3.63) is 162 Å². The quantitative estimate of drug-likeness (QED) is 0.302. The average molecular weight is 431 g/mol. The second kappa shape index (κ2) is 9.97. The lowest BCUT2D eigenvalue weighted by Crippen LogP contribution is -2.28. The first-order chi connectivity index (χ1) is 16.1. The van der Waals surface area contributed by atoms with E-state index in [0.29, 0.717) is 0 Å². The van der Waals surface area contributed by atoms with Gasteiger partial charge in [0.05, 0.1) is 0 Å². The van der Waals surface area contributed by atoms with Gasteiger partial charge in [-0.05, 0) is 34.2 Å². The summed E-state index contributed by atoms with van der Waals surface area (Å²) in [6, 6.07) is 40.6. The number of hydrogen-bond acceptors (Lipinski definition) is 1. The Kier molecular flexibility index (Phi) is 6.66. The van der Waals surface area contributed by atoms with Crippen molar-refractivity contribution in [1.29, 1.82) is 0 Å². The van der Waals surface area contributed by atoms with Crippen LogP contribution in [0.5, 0.6) is 0 Å². The van der Waals surface area contributed by atoms with Gasteiger partial charge in [0, 0.05) is 11.0 Å². The Balaban J connectivity index is 2.07. The molecule has 4 aromatic rings. The highest BCUT2D eigenvalue weighted by Gasteiger charge is 2.35. The minimum absolute atomic E-state index is 0.166. The maximum atomic E-state index is 11.9. The summed E-state index contributed by atoms with van der Waals surface area (Å²) in [6.45, 7) is 3.91. The SMILES string of the molecule is C=C(CC(C=C(c1ccccc1)c1ccccc1)(c1ccccc1)c1ccccc1)C(=O)O. The highest BCUT2D eigenvalue weighted by atomic mass is 16.4. The fourth-order valence-electron chi connectivity index (χ4n) is 4.29. The van der Waals surface area contributed by atoms with E-state index in [0.717, 1.165) is 27.8 Å². The molecule has 2 heteroatoms. The molecule has 1 N–H and O–H groups in total. The summed E-state index contributed by atoms with van der Waals surface area (Å²) in [5.74, 6) is -0.986. The van der Waals surface area contributed by atoms with E-state index in [1.165, 1.54) is 0 Å². The Morgan fingerprint density at radius 3 is 1.39 bits per heavy atom. The molecule has 0 saturated carbocycles. The normalized spacial score (nSPS) is 10.9. The molecule has 0 aliphatic carbocycles. The molecular weight excluding hydrogens is 404 g/mol. The maximum absolute atomic E-state index is 11.9. The van der Waals surface area contributed by atoms with Crippen molar-refractivity contribution in [3.63, 3.8) is 0 Å². The molecule has 0 spiro atoms. The van der Waals surface area contributed by atoms with E-state index >= 15 is 0 Å². The van der Waals surface area contributed by atoms with Crippen LogP contribution < -0.4 is 0 Å². The lowest BCUT2D eigenvalue weighted by atomic mass is 9.68. The Morgan fingerprint density at radius 1 is 0.667 bits per heavy atom. The third-order valence-corrected chi connectivity index (χ3v) is 5.93. The fourth-order valence-corrected chi connectivity index (χ4v) is 4.29. The number of hydrogen-bond donors (Lipinski definition) is 1. The first-order valence-corrected chi connectivity index (χ1v) is 11.0. The zero-order chi connectivity index (χ0) is 23.1. The van der Waals surface area contributed by atoms with Gasteiger partial charge < -0.3 is 5.11 Å². The lowest BCUT2D eigenvalue weighted by Gasteiger charge is -2.34. The summed E-state index contributed by atoms with van der Waals surface area (Å²) < 4.78 is 0. The van der Waals surface area contributed by atoms with E-state index < -0.39 is 11.4 Å². The average Bonchev–Trinajstić information content (AvgIpc) is 2.88. The molecule has 0 aromatic heterocycles. The molecule has 0 atom stereocenters. The number of allylic oxidation sites excluding steroid dienone is 1. The van der Waals surface area contributed by atoms with Gasteiger partial charge in [0.25, 0.3) is 0 Å². The van der Waals surface area contributed by atoms with Gasteiger partial charge in [0.15, 0.2) is 0 Å². The van der Waals surface area contributed by atoms with Gasteiger partial charge in [0.1, 0.15) is 0 Å². The van der Waals surface area contributed by atoms with Crippen LogP contribution in [0.4, 0.5) is 0 Å². The predicted octanol–water partition coefficient (Wildman–Crippen LogP) is 7.14. The first kappa shape index (κ1) is 22.0. The zero-order valence-electron chi connectivity index (χ0n) is 18.4. The van der Waals surface area contributed by atoms with Crippen LogP contribution in [0.25, 0.3) is 5.57 Å². The molecule has 0 heterocycles. The summed E-state index contributed by atoms with van der Waals surface area (Å²) in [5, 5.41) is 9.79. The van der Waals surface area contributed by atoms with Crippen molar-refractivity contribution in [3.8, 4) is 0 Å². The van der Waals surface area contributed by atoms with Gasteiger partial charge in [-0.25, -0.2) is 4.79 Å². The molecule has 0 aliphatic rings. The number of aliphatic carboxylic acids is 1. The third kappa shape index (κ3) is 4.86. The van der Waals surface area contributed by atoms with Gasteiger partial charge in [-0.3, -0.25) is 0 Å². The van der Waals surface area contributed by atoms with Crippen molar-refractivity contribution in [2.24, 2.45) is 0 Å². The topological polar surface area (TPSA) is 37.3 Å². The molecule has 0 fully saturated rings. The van der Waals surface area contributed by atoms with Gasteiger partial charge in [-0.1, -0.05) is 134 Å².